The van der Waals surface area contributed by atoms with E-state index < -0.39 is 0 Å². The number of rotatable bonds is 2. The van der Waals surface area contributed by atoms with E-state index in [2.05, 4.69) is 76.6 Å². The van der Waals surface area contributed by atoms with Gasteiger partial charge in [0.15, 0.2) is 0 Å². The van der Waals surface area contributed by atoms with Gasteiger partial charge in [-0.1, -0.05) is 50.1 Å². The van der Waals surface area contributed by atoms with Crippen LogP contribution in [0.25, 0.3) is 11.0 Å². The Morgan fingerprint density at radius 2 is 1.70 bits per heavy atom. The summed E-state index contributed by atoms with van der Waals surface area (Å²) in [6, 6.07) is 12.1. The Labute approximate surface area is 145 Å². The molecule has 2 aromatic carbocycles. The molecule has 3 nitrogen and oxygen atoms in total. The molecule has 0 saturated carbocycles. The third kappa shape index (κ3) is 2.60. The van der Waals surface area contributed by atoms with E-state index in [0.29, 0.717) is 0 Å². The predicted molar refractivity (Wildman–Crippen MR) is 96.5 cm³/mol. The van der Waals surface area contributed by atoms with Crippen molar-refractivity contribution >= 4 is 65.5 Å². The highest BCUT2D eigenvalue weighted by molar-refractivity contribution is 14.1. The Balaban J connectivity index is 2.16. The lowest BCUT2D eigenvalue weighted by molar-refractivity contribution is 1.15. The first-order chi connectivity index (χ1) is 9.56. The lowest BCUT2D eigenvalue weighted by Crippen LogP contribution is -1.99. The van der Waals surface area contributed by atoms with Crippen LogP contribution in [0.3, 0.4) is 0 Å². The number of H-pyrrole nitrogens is 2. The maximum Gasteiger partial charge on any atom is 0.323 e. The van der Waals surface area contributed by atoms with Crippen LogP contribution >= 0.6 is 54.5 Å². The molecule has 0 aliphatic rings. The zero-order valence-electron chi connectivity index (χ0n) is 10.1. The highest BCUT2D eigenvalue weighted by Crippen LogP contribution is 2.38. The van der Waals surface area contributed by atoms with Gasteiger partial charge in [-0.15, -0.1) is 0 Å². The SMILES string of the molecule is O=c1[nH]c2cc(Br)c(C(Br)c3ccccc3I)cc2[nH]1. The average Bonchev–Trinajstić information content (AvgIpc) is 2.76. The molecule has 0 aliphatic heterocycles. The van der Waals surface area contributed by atoms with E-state index in [9.17, 15) is 4.79 Å². The molecule has 3 aromatic rings. The minimum absolute atomic E-state index is 0.0628. The molecule has 0 bridgehead atoms. The fourth-order valence-electron chi connectivity index (χ4n) is 2.12. The molecular formula is C14H9Br2IN2O. The second-order valence-corrected chi connectivity index (χ2v) is 7.31. The zero-order chi connectivity index (χ0) is 14.3. The van der Waals surface area contributed by atoms with Gasteiger partial charge in [0.05, 0.1) is 15.9 Å². The third-order valence-corrected chi connectivity index (χ3v) is 5.74. The Morgan fingerprint density at radius 3 is 2.40 bits per heavy atom. The van der Waals surface area contributed by atoms with Gasteiger partial charge in [0, 0.05) is 8.04 Å². The van der Waals surface area contributed by atoms with Crippen molar-refractivity contribution < 1.29 is 0 Å². The molecule has 3 rings (SSSR count). The van der Waals surface area contributed by atoms with E-state index in [1.807, 2.05) is 24.3 Å². The monoisotopic (exact) mass is 506 g/mol. The summed E-state index contributed by atoms with van der Waals surface area (Å²) in [7, 11) is 0. The average molecular weight is 508 g/mol. The first-order valence-corrected chi connectivity index (χ1v) is 8.65. The van der Waals surface area contributed by atoms with Crippen LogP contribution in [-0.2, 0) is 0 Å². The summed E-state index contributed by atoms with van der Waals surface area (Å²) in [5.41, 5.74) is 3.70. The van der Waals surface area contributed by atoms with Crippen molar-refractivity contribution in [2.24, 2.45) is 0 Å². The van der Waals surface area contributed by atoms with Gasteiger partial charge in [-0.05, 0) is 51.9 Å². The molecule has 20 heavy (non-hydrogen) atoms. The Bertz CT molecular complexity index is 841. The number of imidazole rings is 1. The number of hydrogen-bond donors (Lipinski definition) is 2. The molecule has 1 atom stereocenters. The predicted octanol–water partition coefficient (Wildman–Crippen LogP) is 4.71. The number of alkyl halides is 1. The van der Waals surface area contributed by atoms with Crippen molar-refractivity contribution in [1.29, 1.82) is 0 Å². The van der Waals surface area contributed by atoms with Crippen LogP contribution in [0, 0.1) is 3.57 Å². The molecule has 102 valence electrons. The van der Waals surface area contributed by atoms with E-state index in [1.165, 1.54) is 9.13 Å². The van der Waals surface area contributed by atoms with E-state index in [4.69, 9.17) is 0 Å². The van der Waals surface area contributed by atoms with Crippen molar-refractivity contribution in [1.82, 2.24) is 9.97 Å². The molecule has 0 aliphatic carbocycles. The van der Waals surface area contributed by atoms with Crippen LogP contribution in [0.15, 0.2) is 45.7 Å². The van der Waals surface area contributed by atoms with Crippen LogP contribution in [-0.4, -0.2) is 9.97 Å². The molecule has 0 amide bonds. The molecule has 6 heteroatoms. The van der Waals surface area contributed by atoms with Crippen molar-refractivity contribution in [3.05, 3.63) is 66.1 Å². The van der Waals surface area contributed by atoms with Crippen molar-refractivity contribution in [3.63, 3.8) is 0 Å². The number of benzene rings is 2. The Morgan fingerprint density at radius 1 is 1.05 bits per heavy atom. The molecule has 1 unspecified atom stereocenters. The number of aromatic nitrogens is 2. The summed E-state index contributed by atoms with van der Waals surface area (Å²) in [6.45, 7) is 0. The van der Waals surface area contributed by atoms with Gasteiger partial charge in [-0.3, -0.25) is 0 Å². The van der Waals surface area contributed by atoms with Gasteiger partial charge >= 0.3 is 5.69 Å². The summed E-state index contributed by atoms with van der Waals surface area (Å²) < 4.78 is 2.16. The quantitative estimate of drug-likeness (QED) is 0.383. The maximum absolute atomic E-state index is 11.4. The molecule has 0 saturated heterocycles. The summed E-state index contributed by atoms with van der Waals surface area (Å²) in [5, 5.41) is 0. The standard InChI is InChI=1S/C14H9Br2IN2O/c15-9-6-12-11(18-14(20)19-12)5-8(9)13(16)7-3-1-2-4-10(7)17/h1-6,13H,(H2,18,19,20). The van der Waals surface area contributed by atoms with Gasteiger partial charge in [0.2, 0.25) is 0 Å². The summed E-state index contributed by atoms with van der Waals surface area (Å²) in [6.07, 6.45) is 0. The van der Waals surface area contributed by atoms with Gasteiger partial charge in [0.25, 0.3) is 0 Å². The first kappa shape index (κ1) is 14.3. The minimum atomic E-state index is -0.190. The zero-order valence-corrected chi connectivity index (χ0v) is 15.4. The topological polar surface area (TPSA) is 48.6 Å². The second-order valence-electron chi connectivity index (χ2n) is 4.38. The molecule has 1 heterocycles. The first-order valence-electron chi connectivity index (χ1n) is 5.86. The van der Waals surface area contributed by atoms with E-state index in [0.717, 1.165) is 21.1 Å². The molecule has 1 aromatic heterocycles. The molecular weight excluding hydrogens is 499 g/mol. The van der Waals surface area contributed by atoms with Crippen LogP contribution < -0.4 is 5.69 Å². The molecule has 0 spiro atoms. The van der Waals surface area contributed by atoms with E-state index >= 15 is 0 Å². The van der Waals surface area contributed by atoms with Gasteiger partial charge < -0.3 is 9.97 Å². The third-order valence-electron chi connectivity index (χ3n) is 3.08. The van der Waals surface area contributed by atoms with Crippen LogP contribution in [0.1, 0.15) is 16.0 Å². The van der Waals surface area contributed by atoms with Crippen molar-refractivity contribution in [3.8, 4) is 0 Å². The Hall–Kier alpha value is -0.600. The number of aromatic amines is 2. The van der Waals surface area contributed by atoms with Crippen LogP contribution in [0.4, 0.5) is 0 Å². The van der Waals surface area contributed by atoms with Gasteiger partial charge in [-0.2, -0.15) is 0 Å². The summed E-state index contributed by atoms with van der Waals surface area (Å²) in [5.74, 6) is 0. The molecule has 2 N–H and O–H groups in total. The molecule has 0 radical (unpaired) electrons. The second kappa shape index (κ2) is 5.65. The van der Waals surface area contributed by atoms with E-state index in [-0.39, 0.29) is 10.5 Å². The van der Waals surface area contributed by atoms with Gasteiger partial charge in [-0.25, -0.2) is 4.79 Å². The largest absolute Gasteiger partial charge is 0.323 e. The highest BCUT2D eigenvalue weighted by Gasteiger charge is 2.17. The molecule has 0 fully saturated rings. The normalized spacial score (nSPS) is 12.8. The van der Waals surface area contributed by atoms with Gasteiger partial charge in [0.1, 0.15) is 0 Å². The number of halogens is 3. The highest BCUT2D eigenvalue weighted by atomic mass is 127. The van der Waals surface area contributed by atoms with Crippen molar-refractivity contribution in [2.45, 2.75) is 4.83 Å². The lowest BCUT2D eigenvalue weighted by atomic mass is 10.0. The smallest absolute Gasteiger partial charge is 0.306 e. The summed E-state index contributed by atoms with van der Waals surface area (Å²) >= 11 is 9.66. The van der Waals surface area contributed by atoms with E-state index in [1.54, 1.807) is 0 Å². The maximum atomic E-state index is 11.4. The number of hydrogen-bond acceptors (Lipinski definition) is 1. The number of fused-ring (bicyclic) bond motifs is 1. The minimum Gasteiger partial charge on any atom is -0.306 e. The Kier molecular flexibility index (Phi) is 4.05. The van der Waals surface area contributed by atoms with Crippen LogP contribution in [0.2, 0.25) is 0 Å². The fourth-order valence-corrected chi connectivity index (χ4v) is 4.90. The lowest BCUT2D eigenvalue weighted by Gasteiger charge is -2.14. The fraction of sp³-hybridized carbons (Fsp3) is 0.0714. The van der Waals surface area contributed by atoms with Crippen LogP contribution in [0.5, 0.6) is 0 Å². The number of nitrogens with one attached hydrogen (secondary N) is 2. The summed E-state index contributed by atoms with van der Waals surface area (Å²) in [4.78, 5) is 17.0. The van der Waals surface area contributed by atoms with Crippen molar-refractivity contribution in [2.75, 3.05) is 0 Å².